The molecule has 4 heteroatoms. The fourth-order valence-electron chi connectivity index (χ4n) is 4.27. The molecule has 0 radical (unpaired) electrons. The van der Waals surface area contributed by atoms with Crippen LogP contribution >= 0.6 is 0 Å². The van der Waals surface area contributed by atoms with Gasteiger partial charge in [0.2, 0.25) is 5.91 Å². The molecule has 0 spiro atoms. The lowest BCUT2D eigenvalue weighted by Crippen LogP contribution is -2.73. The highest BCUT2D eigenvalue weighted by atomic mass is 16.3. The molecule has 1 amide bonds. The van der Waals surface area contributed by atoms with Crippen LogP contribution < -0.4 is 10.6 Å². The molecule has 118 valence electrons. The second-order valence-corrected chi connectivity index (χ2v) is 7.18. The fraction of sp³-hybridized carbons (Fsp3) is 0.611. The summed E-state index contributed by atoms with van der Waals surface area (Å²) in [5.41, 5.74) is 2.19. The van der Waals surface area contributed by atoms with Gasteiger partial charge < -0.3 is 15.7 Å². The molecule has 1 saturated heterocycles. The number of carbonyl (C=O) groups is 1. The first-order valence-corrected chi connectivity index (χ1v) is 8.50. The van der Waals surface area contributed by atoms with Gasteiger partial charge in [0.1, 0.15) is 5.60 Å². The molecule has 4 nitrogen and oxygen atoms in total. The van der Waals surface area contributed by atoms with E-state index in [-0.39, 0.29) is 5.91 Å². The van der Waals surface area contributed by atoms with Crippen molar-refractivity contribution >= 4 is 11.6 Å². The second kappa shape index (κ2) is 5.07. The second-order valence-electron chi connectivity index (χ2n) is 7.18. The van der Waals surface area contributed by atoms with Crippen LogP contribution in [0.25, 0.3) is 0 Å². The van der Waals surface area contributed by atoms with Gasteiger partial charge in [0.15, 0.2) is 0 Å². The first-order valence-electron chi connectivity index (χ1n) is 8.50. The van der Waals surface area contributed by atoms with Crippen LogP contribution in [0.5, 0.6) is 0 Å². The number of anilines is 1. The van der Waals surface area contributed by atoms with Crippen molar-refractivity contribution in [2.75, 3.05) is 18.4 Å². The molecule has 0 unspecified atom stereocenters. The first-order chi connectivity index (χ1) is 10.6. The SMILES string of the molecule is O=C(Nc1cccc2c1CCCC2)C1(C2(O)CNC2)CCC1. The van der Waals surface area contributed by atoms with Gasteiger partial charge in [0.05, 0.1) is 5.41 Å². The zero-order valence-corrected chi connectivity index (χ0v) is 13.0. The van der Waals surface area contributed by atoms with Crippen molar-refractivity contribution in [1.29, 1.82) is 0 Å². The van der Waals surface area contributed by atoms with Crippen LogP contribution in [0.3, 0.4) is 0 Å². The van der Waals surface area contributed by atoms with Gasteiger partial charge in [-0.25, -0.2) is 0 Å². The number of amides is 1. The Balaban J connectivity index is 1.60. The molecule has 2 aliphatic carbocycles. The van der Waals surface area contributed by atoms with E-state index in [9.17, 15) is 9.90 Å². The van der Waals surface area contributed by atoms with E-state index < -0.39 is 11.0 Å². The molecule has 22 heavy (non-hydrogen) atoms. The van der Waals surface area contributed by atoms with Crippen LogP contribution in [-0.4, -0.2) is 29.7 Å². The van der Waals surface area contributed by atoms with Crippen molar-refractivity contribution in [3.05, 3.63) is 29.3 Å². The maximum atomic E-state index is 12.9. The number of aliphatic hydroxyl groups is 1. The van der Waals surface area contributed by atoms with Crippen LogP contribution in [0.1, 0.15) is 43.2 Å². The number of aryl methyl sites for hydroxylation is 1. The number of hydrogen-bond donors (Lipinski definition) is 3. The number of benzene rings is 1. The summed E-state index contributed by atoms with van der Waals surface area (Å²) in [6.45, 7) is 1.07. The van der Waals surface area contributed by atoms with E-state index in [0.717, 1.165) is 37.8 Å². The van der Waals surface area contributed by atoms with E-state index in [0.29, 0.717) is 13.1 Å². The van der Waals surface area contributed by atoms with Crippen LogP contribution in [-0.2, 0) is 17.6 Å². The third kappa shape index (κ3) is 1.94. The summed E-state index contributed by atoms with van der Waals surface area (Å²) in [7, 11) is 0. The molecule has 3 N–H and O–H groups in total. The third-order valence-electron chi connectivity index (χ3n) is 6.01. The molecule has 1 aliphatic heterocycles. The van der Waals surface area contributed by atoms with E-state index in [2.05, 4.69) is 16.7 Å². The van der Waals surface area contributed by atoms with E-state index in [1.807, 2.05) is 12.1 Å². The van der Waals surface area contributed by atoms with Crippen LogP contribution in [0.4, 0.5) is 5.69 Å². The predicted octanol–water partition coefficient (Wildman–Crippen LogP) is 2.01. The fourth-order valence-corrected chi connectivity index (χ4v) is 4.27. The summed E-state index contributed by atoms with van der Waals surface area (Å²) in [5.74, 6) is 0.0155. The molecule has 3 aliphatic rings. The summed E-state index contributed by atoms with van der Waals surface area (Å²) < 4.78 is 0. The molecule has 4 rings (SSSR count). The molecule has 2 fully saturated rings. The summed E-state index contributed by atoms with van der Waals surface area (Å²) in [4.78, 5) is 12.9. The van der Waals surface area contributed by atoms with Gasteiger partial charge in [-0.15, -0.1) is 0 Å². The van der Waals surface area contributed by atoms with Crippen molar-refractivity contribution in [2.24, 2.45) is 5.41 Å². The Morgan fingerprint density at radius 1 is 1.14 bits per heavy atom. The number of hydrogen-bond acceptors (Lipinski definition) is 3. The maximum Gasteiger partial charge on any atom is 0.233 e. The zero-order valence-electron chi connectivity index (χ0n) is 13.0. The number of fused-ring (bicyclic) bond motifs is 1. The van der Waals surface area contributed by atoms with Crippen molar-refractivity contribution in [3.8, 4) is 0 Å². The van der Waals surface area contributed by atoms with Gasteiger partial charge in [-0.05, 0) is 55.7 Å². The molecule has 1 aromatic carbocycles. The third-order valence-corrected chi connectivity index (χ3v) is 6.01. The highest BCUT2D eigenvalue weighted by Gasteiger charge is 2.61. The van der Waals surface area contributed by atoms with Crippen molar-refractivity contribution in [2.45, 2.75) is 50.5 Å². The van der Waals surface area contributed by atoms with E-state index in [4.69, 9.17) is 0 Å². The van der Waals surface area contributed by atoms with E-state index in [1.165, 1.54) is 24.0 Å². The lowest BCUT2D eigenvalue weighted by atomic mass is 9.56. The average Bonchev–Trinajstić information content (AvgIpc) is 2.44. The van der Waals surface area contributed by atoms with Gasteiger partial charge in [-0.1, -0.05) is 18.6 Å². The van der Waals surface area contributed by atoms with Gasteiger partial charge in [-0.2, -0.15) is 0 Å². The molecular formula is C18H24N2O2. The van der Waals surface area contributed by atoms with Gasteiger partial charge in [0.25, 0.3) is 0 Å². The van der Waals surface area contributed by atoms with Gasteiger partial charge in [-0.3, -0.25) is 4.79 Å². The number of carbonyl (C=O) groups excluding carboxylic acids is 1. The highest BCUT2D eigenvalue weighted by molar-refractivity contribution is 5.98. The Kier molecular flexibility index (Phi) is 3.27. The quantitative estimate of drug-likeness (QED) is 0.800. The monoisotopic (exact) mass is 300 g/mol. The molecule has 1 saturated carbocycles. The first kappa shape index (κ1) is 14.2. The number of nitrogens with one attached hydrogen (secondary N) is 2. The topological polar surface area (TPSA) is 61.4 Å². The van der Waals surface area contributed by atoms with Crippen molar-refractivity contribution in [3.63, 3.8) is 0 Å². The average molecular weight is 300 g/mol. The standard InChI is InChI=1S/C18H24N2O2/c21-16(17(9-4-10-17)18(22)11-19-12-18)20-15-8-3-6-13-5-1-2-7-14(13)15/h3,6,8,19,22H,1-2,4-5,7,9-12H2,(H,20,21). The molecule has 0 atom stereocenters. The van der Waals surface area contributed by atoms with E-state index in [1.54, 1.807) is 0 Å². The lowest BCUT2D eigenvalue weighted by molar-refractivity contribution is -0.173. The maximum absolute atomic E-state index is 12.9. The molecule has 1 aromatic rings. The molecule has 0 aromatic heterocycles. The zero-order chi connectivity index (χ0) is 15.2. The Hall–Kier alpha value is -1.39. The number of rotatable bonds is 3. The van der Waals surface area contributed by atoms with Gasteiger partial charge in [0, 0.05) is 18.8 Å². The predicted molar refractivity (Wildman–Crippen MR) is 85.8 cm³/mol. The van der Waals surface area contributed by atoms with Gasteiger partial charge >= 0.3 is 0 Å². The lowest BCUT2D eigenvalue weighted by Gasteiger charge is -2.56. The Morgan fingerprint density at radius 2 is 1.91 bits per heavy atom. The largest absolute Gasteiger partial charge is 0.386 e. The van der Waals surface area contributed by atoms with Crippen molar-refractivity contribution in [1.82, 2.24) is 5.32 Å². The summed E-state index contributed by atoms with van der Waals surface area (Å²) in [6.07, 6.45) is 7.21. The summed E-state index contributed by atoms with van der Waals surface area (Å²) in [6, 6.07) is 6.22. The van der Waals surface area contributed by atoms with E-state index >= 15 is 0 Å². The summed E-state index contributed by atoms with van der Waals surface area (Å²) in [5, 5.41) is 17.0. The van der Waals surface area contributed by atoms with Crippen LogP contribution in [0.15, 0.2) is 18.2 Å². The minimum Gasteiger partial charge on any atom is -0.386 e. The van der Waals surface area contributed by atoms with Crippen LogP contribution in [0.2, 0.25) is 0 Å². The highest BCUT2D eigenvalue weighted by Crippen LogP contribution is 2.51. The summed E-state index contributed by atoms with van der Waals surface area (Å²) >= 11 is 0. The normalized spacial score (nSPS) is 24.6. The van der Waals surface area contributed by atoms with Crippen molar-refractivity contribution < 1.29 is 9.90 Å². The smallest absolute Gasteiger partial charge is 0.233 e. The minimum absolute atomic E-state index is 0.0155. The Morgan fingerprint density at radius 3 is 2.55 bits per heavy atom. The molecule has 0 bridgehead atoms. The molecular weight excluding hydrogens is 276 g/mol. The molecule has 1 heterocycles. The Labute approximate surface area is 131 Å². The minimum atomic E-state index is -0.857. The Bertz CT molecular complexity index is 603. The van der Waals surface area contributed by atoms with Crippen LogP contribution in [0, 0.1) is 5.41 Å². The number of β-amino-alcohol motifs (C(OH)–C–C–N with tert-alkyl or cyclic N) is 1.